The lowest BCUT2D eigenvalue weighted by molar-refractivity contribution is 0.189. The fourth-order valence-electron chi connectivity index (χ4n) is 2.35. The van der Waals surface area contributed by atoms with Crippen LogP contribution < -0.4 is 0 Å². The molecule has 1 heterocycles. The molecule has 1 aliphatic rings. The summed E-state index contributed by atoms with van der Waals surface area (Å²) in [6.45, 7) is 4.87. The molecule has 0 aromatic heterocycles. The van der Waals surface area contributed by atoms with Crippen LogP contribution in [0.2, 0.25) is 0 Å². The lowest BCUT2D eigenvalue weighted by atomic mass is 10.0. The van der Waals surface area contributed by atoms with Crippen molar-refractivity contribution < 1.29 is 13.5 Å². The predicted octanol–water partition coefficient (Wildman–Crippen LogP) is 1.64. The van der Waals surface area contributed by atoms with E-state index in [9.17, 15) is 13.5 Å². The van der Waals surface area contributed by atoms with Gasteiger partial charge in [-0.05, 0) is 36.5 Å². The summed E-state index contributed by atoms with van der Waals surface area (Å²) in [5.74, 6) is 0.552. The van der Waals surface area contributed by atoms with Crippen LogP contribution in [0.15, 0.2) is 29.2 Å². The van der Waals surface area contributed by atoms with Gasteiger partial charge in [0.05, 0.1) is 11.0 Å². The maximum atomic E-state index is 12.3. The van der Waals surface area contributed by atoms with E-state index in [0.717, 1.165) is 12.0 Å². The van der Waals surface area contributed by atoms with Gasteiger partial charge in [-0.25, -0.2) is 8.42 Å². The molecule has 0 bridgehead atoms. The minimum Gasteiger partial charge on any atom is -0.392 e. The molecule has 4 nitrogen and oxygen atoms in total. The summed E-state index contributed by atoms with van der Waals surface area (Å²) < 4.78 is 26.0. The second-order valence-electron chi connectivity index (χ2n) is 5.55. The van der Waals surface area contributed by atoms with E-state index in [4.69, 9.17) is 0 Å². The van der Waals surface area contributed by atoms with Crippen molar-refractivity contribution in [1.29, 1.82) is 0 Å². The predicted molar refractivity (Wildman–Crippen MR) is 74.4 cm³/mol. The number of hydrogen-bond donors (Lipinski definition) is 1. The second-order valence-corrected chi connectivity index (χ2v) is 7.49. The van der Waals surface area contributed by atoms with E-state index in [0.29, 0.717) is 23.8 Å². The van der Waals surface area contributed by atoms with Crippen molar-refractivity contribution in [2.24, 2.45) is 5.92 Å². The number of hydrogen-bond acceptors (Lipinski definition) is 3. The molecule has 0 amide bonds. The monoisotopic (exact) mass is 283 g/mol. The van der Waals surface area contributed by atoms with E-state index in [1.165, 1.54) is 4.31 Å². The molecular weight excluding hydrogens is 262 g/mol. The van der Waals surface area contributed by atoms with E-state index >= 15 is 0 Å². The van der Waals surface area contributed by atoms with E-state index in [2.05, 4.69) is 13.8 Å². The van der Waals surface area contributed by atoms with Crippen LogP contribution in [0.25, 0.3) is 0 Å². The third-order valence-electron chi connectivity index (χ3n) is 3.33. The quantitative estimate of drug-likeness (QED) is 0.914. The van der Waals surface area contributed by atoms with Crippen LogP contribution in [0.4, 0.5) is 0 Å². The van der Waals surface area contributed by atoms with Gasteiger partial charge in [0.2, 0.25) is 10.0 Å². The highest BCUT2D eigenvalue weighted by molar-refractivity contribution is 7.89. The van der Waals surface area contributed by atoms with Crippen molar-refractivity contribution in [2.75, 3.05) is 13.1 Å². The number of rotatable bonds is 4. The van der Waals surface area contributed by atoms with Gasteiger partial charge < -0.3 is 5.11 Å². The standard InChI is InChI=1S/C14H21NO3S/c1-11(2)9-12-3-5-14(6-4-12)19(17,18)15-8-7-13(16)10-15/h3-6,11,13,16H,7-10H2,1-2H3/t13-/m1/s1. The zero-order chi connectivity index (χ0) is 14.0. The van der Waals surface area contributed by atoms with Crippen LogP contribution in [0.5, 0.6) is 0 Å². The van der Waals surface area contributed by atoms with Crippen molar-refractivity contribution in [1.82, 2.24) is 4.31 Å². The third kappa shape index (κ3) is 3.35. The fraction of sp³-hybridized carbons (Fsp3) is 0.571. The smallest absolute Gasteiger partial charge is 0.243 e. The Morgan fingerprint density at radius 3 is 2.42 bits per heavy atom. The van der Waals surface area contributed by atoms with Gasteiger partial charge in [-0.3, -0.25) is 0 Å². The zero-order valence-corrected chi connectivity index (χ0v) is 12.2. The molecule has 0 saturated carbocycles. The van der Waals surface area contributed by atoms with E-state index in [1.54, 1.807) is 12.1 Å². The number of nitrogens with zero attached hydrogens (tertiary/aromatic N) is 1. The maximum Gasteiger partial charge on any atom is 0.243 e. The normalized spacial score (nSPS) is 21.2. The summed E-state index contributed by atoms with van der Waals surface area (Å²) in [6.07, 6.45) is 0.933. The molecule has 0 radical (unpaired) electrons. The van der Waals surface area contributed by atoms with Gasteiger partial charge >= 0.3 is 0 Å². The summed E-state index contributed by atoms with van der Waals surface area (Å²) in [5, 5.41) is 9.45. The minimum absolute atomic E-state index is 0.204. The van der Waals surface area contributed by atoms with Crippen molar-refractivity contribution in [3.8, 4) is 0 Å². The van der Waals surface area contributed by atoms with Crippen molar-refractivity contribution >= 4 is 10.0 Å². The average molecular weight is 283 g/mol. The van der Waals surface area contributed by atoms with Crippen molar-refractivity contribution in [2.45, 2.75) is 37.7 Å². The van der Waals surface area contributed by atoms with Crippen LogP contribution in [0, 0.1) is 5.92 Å². The summed E-state index contributed by atoms with van der Waals surface area (Å²) in [6, 6.07) is 7.08. The van der Waals surface area contributed by atoms with Gasteiger partial charge in [-0.2, -0.15) is 4.31 Å². The van der Waals surface area contributed by atoms with Crippen LogP contribution in [-0.4, -0.2) is 37.0 Å². The first-order valence-electron chi connectivity index (χ1n) is 6.67. The Kier molecular flexibility index (Phi) is 4.28. The number of sulfonamides is 1. The van der Waals surface area contributed by atoms with Crippen LogP contribution in [-0.2, 0) is 16.4 Å². The first-order valence-corrected chi connectivity index (χ1v) is 8.11. The molecule has 19 heavy (non-hydrogen) atoms. The molecule has 0 spiro atoms. The van der Waals surface area contributed by atoms with E-state index in [1.807, 2.05) is 12.1 Å². The highest BCUT2D eigenvalue weighted by Crippen LogP contribution is 2.21. The SMILES string of the molecule is CC(C)Cc1ccc(S(=O)(=O)N2CC[C@@H](O)C2)cc1. The highest BCUT2D eigenvalue weighted by atomic mass is 32.2. The Morgan fingerprint density at radius 1 is 1.32 bits per heavy atom. The highest BCUT2D eigenvalue weighted by Gasteiger charge is 2.31. The first-order chi connectivity index (χ1) is 8.89. The molecule has 1 atom stereocenters. The number of β-amino-alcohol motifs (C(OH)–C–C–N with tert-alkyl or cyclic N) is 1. The van der Waals surface area contributed by atoms with Crippen molar-refractivity contribution in [3.05, 3.63) is 29.8 Å². The minimum atomic E-state index is -3.44. The van der Waals surface area contributed by atoms with Crippen LogP contribution in [0.3, 0.4) is 0 Å². The van der Waals surface area contributed by atoms with Crippen molar-refractivity contribution in [3.63, 3.8) is 0 Å². The number of benzene rings is 1. The molecule has 2 rings (SSSR count). The zero-order valence-electron chi connectivity index (χ0n) is 11.4. The Balaban J connectivity index is 2.17. The second kappa shape index (κ2) is 5.61. The molecule has 1 fully saturated rings. The Labute approximate surface area is 115 Å². The lowest BCUT2D eigenvalue weighted by Gasteiger charge is -2.16. The molecule has 5 heteroatoms. The molecule has 1 aromatic rings. The molecule has 1 aromatic carbocycles. The molecule has 0 aliphatic carbocycles. The Bertz CT molecular complexity index is 522. The van der Waals surface area contributed by atoms with Gasteiger partial charge in [-0.15, -0.1) is 0 Å². The van der Waals surface area contributed by atoms with Gasteiger partial charge in [0.1, 0.15) is 0 Å². The molecule has 1 aliphatic heterocycles. The van der Waals surface area contributed by atoms with Gasteiger partial charge in [0.15, 0.2) is 0 Å². The largest absolute Gasteiger partial charge is 0.392 e. The topological polar surface area (TPSA) is 57.6 Å². The van der Waals surface area contributed by atoms with E-state index in [-0.39, 0.29) is 6.54 Å². The molecule has 1 saturated heterocycles. The maximum absolute atomic E-state index is 12.3. The summed E-state index contributed by atoms with van der Waals surface area (Å²) >= 11 is 0. The average Bonchev–Trinajstić information content (AvgIpc) is 2.76. The molecule has 0 unspecified atom stereocenters. The fourth-order valence-corrected chi connectivity index (χ4v) is 3.84. The van der Waals surface area contributed by atoms with Crippen LogP contribution >= 0.6 is 0 Å². The molecule has 1 N–H and O–H groups in total. The third-order valence-corrected chi connectivity index (χ3v) is 5.21. The summed E-state index contributed by atoms with van der Waals surface area (Å²) in [5.41, 5.74) is 1.15. The number of aliphatic hydroxyl groups is 1. The Morgan fingerprint density at radius 2 is 1.95 bits per heavy atom. The first kappa shape index (κ1) is 14.5. The molecular formula is C14H21NO3S. The summed E-state index contributed by atoms with van der Waals surface area (Å²) in [4.78, 5) is 0.314. The van der Waals surface area contributed by atoms with Gasteiger partial charge in [-0.1, -0.05) is 26.0 Å². The number of aliphatic hydroxyl groups excluding tert-OH is 1. The Hall–Kier alpha value is -0.910. The summed E-state index contributed by atoms with van der Waals surface area (Å²) in [7, 11) is -3.44. The van der Waals surface area contributed by atoms with Gasteiger partial charge in [0.25, 0.3) is 0 Å². The molecule has 106 valence electrons. The van der Waals surface area contributed by atoms with Crippen LogP contribution in [0.1, 0.15) is 25.8 Å². The van der Waals surface area contributed by atoms with Gasteiger partial charge in [0, 0.05) is 13.1 Å². The van der Waals surface area contributed by atoms with E-state index < -0.39 is 16.1 Å². The lowest BCUT2D eigenvalue weighted by Crippen LogP contribution is -2.29.